The fourth-order valence-electron chi connectivity index (χ4n) is 0.706. The van der Waals surface area contributed by atoms with Crippen LogP contribution in [0.25, 0.3) is 0 Å². The van der Waals surface area contributed by atoms with Crippen LogP contribution in [0.5, 0.6) is 0 Å². The van der Waals surface area contributed by atoms with Gasteiger partial charge in [0.25, 0.3) is 0 Å². The van der Waals surface area contributed by atoms with Gasteiger partial charge >= 0.3 is 0 Å². The molecule has 0 fully saturated rings. The van der Waals surface area contributed by atoms with E-state index >= 15 is 0 Å². The van der Waals surface area contributed by atoms with Crippen molar-refractivity contribution in [1.82, 2.24) is 4.68 Å². The summed E-state index contributed by atoms with van der Waals surface area (Å²) in [4.78, 5) is 0. The summed E-state index contributed by atoms with van der Waals surface area (Å²) in [5.74, 6) is 0. The quantitative estimate of drug-likeness (QED) is 0.549. The molecule has 0 aliphatic rings. The summed E-state index contributed by atoms with van der Waals surface area (Å²) in [6.07, 6.45) is 5.21. The Morgan fingerprint density at radius 3 is 3.00 bits per heavy atom. The van der Waals surface area contributed by atoms with Crippen molar-refractivity contribution >= 4 is 6.21 Å². The summed E-state index contributed by atoms with van der Waals surface area (Å²) < 4.78 is 1.79. The molecule has 0 spiro atoms. The molecule has 0 amide bonds. The van der Waals surface area contributed by atoms with Crippen molar-refractivity contribution in [2.45, 2.75) is 6.92 Å². The van der Waals surface area contributed by atoms with Crippen molar-refractivity contribution in [3.05, 3.63) is 36.7 Å². The summed E-state index contributed by atoms with van der Waals surface area (Å²) in [7, 11) is 0. The molecule has 2 heteroatoms. The fraction of sp³-hybridized carbons (Fsp3) is 0.125. The van der Waals surface area contributed by atoms with E-state index in [0.29, 0.717) is 0 Å². The van der Waals surface area contributed by atoms with Gasteiger partial charge in [0, 0.05) is 18.1 Å². The lowest BCUT2D eigenvalue weighted by Gasteiger charge is -1.93. The SMILES string of the molecule is C=C/C=N\n1cccc1C. The van der Waals surface area contributed by atoms with E-state index in [1.165, 1.54) is 0 Å². The number of hydrogen-bond donors (Lipinski definition) is 0. The Balaban J connectivity index is 2.83. The number of hydrogen-bond acceptors (Lipinski definition) is 1. The third-order valence-electron chi connectivity index (χ3n) is 1.22. The van der Waals surface area contributed by atoms with E-state index in [-0.39, 0.29) is 0 Å². The van der Waals surface area contributed by atoms with Crippen molar-refractivity contribution in [3.8, 4) is 0 Å². The third kappa shape index (κ3) is 1.35. The number of aryl methyl sites for hydroxylation is 1. The van der Waals surface area contributed by atoms with E-state index < -0.39 is 0 Å². The first-order chi connectivity index (χ1) is 4.84. The van der Waals surface area contributed by atoms with Crippen LogP contribution in [0.3, 0.4) is 0 Å². The van der Waals surface area contributed by atoms with E-state index in [4.69, 9.17) is 0 Å². The maximum absolute atomic E-state index is 4.06. The molecule has 0 bridgehead atoms. The Bertz CT molecular complexity index is 246. The fourth-order valence-corrected chi connectivity index (χ4v) is 0.706. The molecule has 0 unspecified atom stereocenters. The lowest BCUT2D eigenvalue weighted by Crippen LogP contribution is -1.87. The van der Waals surface area contributed by atoms with Crippen LogP contribution >= 0.6 is 0 Å². The normalized spacial score (nSPS) is 10.5. The highest BCUT2D eigenvalue weighted by atomic mass is 15.3. The van der Waals surface area contributed by atoms with Gasteiger partial charge < -0.3 is 0 Å². The maximum Gasteiger partial charge on any atom is 0.0472 e. The Hall–Kier alpha value is -1.31. The summed E-state index contributed by atoms with van der Waals surface area (Å²) in [6.45, 7) is 5.53. The molecule has 2 nitrogen and oxygen atoms in total. The molecular formula is C8H10N2. The zero-order valence-corrected chi connectivity index (χ0v) is 5.99. The summed E-state index contributed by atoms with van der Waals surface area (Å²) in [6, 6.07) is 3.95. The summed E-state index contributed by atoms with van der Waals surface area (Å²) in [5, 5.41) is 4.06. The Kier molecular flexibility index (Phi) is 2.05. The molecule has 0 aliphatic heterocycles. The smallest absolute Gasteiger partial charge is 0.0472 e. The Morgan fingerprint density at radius 2 is 2.50 bits per heavy atom. The first kappa shape index (κ1) is 6.81. The molecule has 0 saturated heterocycles. The molecular weight excluding hydrogens is 124 g/mol. The van der Waals surface area contributed by atoms with Gasteiger partial charge in [0.1, 0.15) is 0 Å². The molecule has 10 heavy (non-hydrogen) atoms. The lowest BCUT2D eigenvalue weighted by molar-refractivity contribution is 0.854. The van der Waals surface area contributed by atoms with Gasteiger partial charge in [-0.2, -0.15) is 5.10 Å². The number of allylic oxidation sites excluding steroid dienone is 1. The van der Waals surface area contributed by atoms with Crippen molar-refractivity contribution in [1.29, 1.82) is 0 Å². The molecule has 0 saturated carbocycles. The topological polar surface area (TPSA) is 17.3 Å². The Morgan fingerprint density at radius 1 is 1.70 bits per heavy atom. The van der Waals surface area contributed by atoms with E-state index in [9.17, 15) is 0 Å². The van der Waals surface area contributed by atoms with Gasteiger partial charge in [-0.15, -0.1) is 0 Å². The van der Waals surface area contributed by atoms with E-state index in [2.05, 4.69) is 11.7 Å². The van der Waals surface area contributed by atoms with Crippen LogP contribution < -0.4 is 0 Å². The zero-order chi connectivity index (χ0) is 7.40. The second kappa shape index (κ2) is 3.01. The van der Waals surface area contributed by atoms with Gasteiger partial charge in [0.15, 0.2) is 0 Å². The third-order valence-corrected chi connectivity index (χ3v) is 1.22. The van der Waals surface area contributed by atoms with Crippen LogP contribution in [0.2, 0.25) is 0 Å². The molecule has 0 radical (unpaired) electrons. The predicted octanol–water partition coefficient (Wildman–Crippen LogP) is 1.82. The summed E-state index contributed by atoms with van der Waals surface area (Å²) >= 11 is 0. The zero-order valence-electron chi connectivity index (χ0n) is 5.99. The summed E-state index contributed by atoms with van der Waals surface area (Å²) in [5.41, 5.74) is 1.12. The molecule has 1 heterocycles. The van der Waals surface area contributed by atoms with Gasteiger partial charge in [-0.1, -0.05) is 6.58 Å². The second-order valence-electron chi connectivity index (χ2n) is 1.99. The van der Waals surface area contributed by atoms with Crippen molar-refractivity contribution in [3.63, 3.8) is 0 Å². The van der Waals surface area contributed by atoms with Gasteiger partial charge in [-0.25, -0.2) is 4.68 Å². The van der Waals surface area contributed by atoms with Crippen molar-refractivity contribution in [2.75, 3.05) is 0 Å². The van der Waals surface area contributed by atoms with Crippen LogP contribution in [0.4, 0.5) is 0 Å². The maximum atomic E-state index is 4.06. The molecule has 1 aromatic heterocycles. The second-order valence-corrected chi connectivity index (χ2v) is 1.99. The van der Waals surface area contributed by atoms with Crippen LogP contribution in [0, 0.1) is 6.92 Å². The Labute approximate surface area is 60.5 Å². The minimum Gasteiger partial charge on any atom is -0.245 e. The molecule has 0 N–H and O–H groups in total. The standard InChI is InChI=1S/C8H10N2/c1-3-6-9-10-7-4-5-8(10)2/h3-7H,1H2,2H3/b9-6-. The molecule has 52 valence electrons. The molecule has 0 aliphatic carbocycles. The minimum atomic E-state index is 1.12. The average molecular weight is 134 g/mol. The van der Waals surface area contributed by atoms with Crippen LogP contribution in [0.15, 0.2) is 36.1 Å². The first-order valence-electron chi connectivity index (χ1n) is 3.14. The van der Waals surface area contributed by atoms with E-state index in [1.54, 1.807) is 17.0 Å². The lowest BCUT2D eigenvalue weighted by atomic mass is 10.5. The number of rotatable bonds is 2. The van der Waals surface area contributed by atoms with Crippen LogP contribution in [-0.4, -0.2) is 10.9 Å². The highest BCUT2D eigenvalue weighted by Crippen LogP contribution is 1.97. The number of nitrogens with zero attached hydrogens (tertiary/aromatic N) is 2. The van der Waals surface area contributed by atoms with E-state index in [0.717, 1.165) is 5.69 Å². The van der Waals surface area contributed by atoms with Crippen LogP contribution in [-0.2, 0) is 0 Å². The highest BCUT2D eigenvalue weighted by Gasteiger charge is 1.87. The molecule has 0 atom stereocenters. The predicted molar refractivity (Wildman–Crippen MR) is 43.3 cm³/mol. The molecule has 1 aromatic rings. The highest BCUT2D eigenvalue weighted by molar-refractivity contribution is 5.69. The van der Waals surface area contributed by atoms with Crippen molar-refractivity contribution in [2.24, 2.45) is 5.10 Å². The van der Waals surface area contributed by atoms with Gasteiger partial charge in [-0.3, -0.25) is 0 Å². The first-order valence-corrected chi connectivity index (χ1v) is 3.14. The van der Waals surface area contributed by atoms with E-state index in [1.807, 2.05) is 25.3 Å². The average Bonchev–Trinajstić information content (AvgIpc) is 2.31. The van der Waals surface area contributed by atoms with Gasteiger partial charge in [-0.05, 0) is 25.1 Å². The van der Waals surface area contributed by atoms with Crippen molar-refractivity contribution < 1.29 is 0 Å². The van der Waals surface area contributed by atoms with Gasteiger partial charge in [0.2, 0.25) is 0 Å². The largest absolute Gasteiger partial charge is 0.245 e. The minimum absolute atomic E-state index is 1.12. The van der Waals surface area contributed by atoms with Crippen LogP contribution in [0.1, 0.15) is 5.69 Å². The monoisotopic (exact) mass is 134 g/mol. The molecule has 1 rings (SSSR count). The van der Waals surface area contributed by atoms with Gasteiger partial charge in [0.05, 0.1) is 0 Å². The molecule has 0 aromatic carbocycles. The number of aromatic nitrogens is 1.